The number of hydrogen-bond donors (Lipinski definition) is 2. The van der Waals surface area contributed by atoms with Crippen LogP contribution in [0.4, 0.5) is 5.82 Å². The van der Waals surface area contributed by atoms with Gasteiger partial charge < -0.3 is 5.73 Å². The molecule has 1 heterocycles. The number of anilines is 1. The van der Waals surface area contributed by atoms with Crippen LogP contribution in [0.3, 0.4) is 0 Å². The average Bonchev–Trinajstić information content (AvgIpc) is 3.37. The molecule has 2 aromatic rings. The summed E-state index contributed by atoms with van der Waals surface area (Å²) in [4.78, 5) is 40.1. The van der Waals surface area contributed by atoms with Crippen molar-refractivity contribution in [1.82, 2.24) is 9.55 Å². The number of H-pyrrole nitrogens is 1. The first kappa shape index (κ1) is 19.5. The van der Waals surface area contributed by atoms with Crippen LogP contribution in [-0.2, 0) is 5.41 Å². The van der Waals surface area contributed by atoms with E-state index < -0.39 is 11.2 Å². The maximum Gasteiger partial charge on any atom is 0.330 e. The number of nitrogen functional groups attached to an aromatic ring is 1. The summed E-state index contributed by atoms with van der Waals surface area (Å²) in [7, 11) is 0. The van der Waals surface area contributed by atoms with Gasteiger partial charge >= 0.3 is 5.69 Å². The number of Topliss-reactive ketones (excluding diaryl/α,β-unsaturated/α-hetero) is 1. The highest BCUT2D eigenvalue weighted by Gasteiger charge is 2.30. The number of nitrogens with zero attached hydrogens (tertiary/aromatic N) is 1. The van der Waals surface area contributed by atoms with Crippen molar-refractivity contribution in [2.24, 2.45) is 0 Å². The molecule has 0 aliphatic heterocycles. The van der Waals surface area contributed by atoms with Crippen molar-refractivity contribution < 1.29 is 4.79 Å². The molecule has 1 aliphatic carbocycles. The molecular formula is C20H25N3O3S. The summed E-state index contributed by atoms with van der Waals surface area (Å²) >= 11 is 1.39. The lowest BCUT2D eigenvalue weighted by atomic mass is 9.87. The zero-order chi connectivity index (χ0) is 19.9. The van der Waals surface area contributed by atoms with Gasteiger partial charge in [-0.1, -0.05) is 32.9 Å². The molecule has 1 fully saturated rings. The first-order valence-corrected chi connectivity index (χ1v) is 9.99. The number of carbonyl (C=O) groups is 1. The van der Waals surface area contributed by atoms with E-state index in [1.54, 1.807) is 0 Å². The molecule has 0 radical (unpaired) electrons. The summed E-state index contributed by atoms with van der Waals surface area (Å²) in [5.74, 6) is -0.296. The monoisotopic (exact) mass is 387 g/mol. The third kappa shape index (κ3) is 4.03. The van der Waals surface area contributed by atoms with Crippen LogP contribution >= 0.6 is 11.8 Å². The van der Waals surface area contributed by atoms with E-state index in [2.05, 4.69) is 37.9 Å². The van der Waals surface area contributed by atoms with Gasteiger partial charge in [0.15, 0.2) is 5.78 Å². The van der Waals surface area contributed by atoms with Crippen molar-refractivity contribution in [3.05, 3.63) is 55.7 Å². The van der Waals surface area contributed by atoms with Gasteiger partial charge in [-0.05, 0) is 42.4 Å². The minimum atomic E-state index is -0.708. The van der Waals surface area contributed by atoms with Gasteiger partial charge in [0, 0.05) is 10.9 Å². The highest BCUT2D eigenvalue weighted by atomic mass is 32.2. The molecular weight excluding hydrogens is 362 g/mol. The zero-order valence-electron chi connectivity index (χ0n) is 16.1. The number of ketones is 1. The number of nitrogens with two attached hydrogens (primary N) is 1. The first-order valence-electron chi connectivity index (χ1n) is 9.01. The van der Waals surface area contributed by atoms with Gasteiger partial charge in [0.05, 0.1) is 5.75 Å². The van der Waals surface area contributed by atoms with Crippen molar-refractivity contribution in [1.29, 1.82) is 0 Å². The van der Waals surface area contributed by atoms with Gasteiger partial charge in [-0.15, -0.1) is 11.8 Å². The summed E-state index contributed by atoms with van der Waals surface area (Å²) < 4.78 is 1.34. The van der Waals surface area contributed by atoms with E-state index in [1.807, 2.05) is 13.0 Å². The van der Waals surface area contributed by atoms with E-state index in [9.17, 15) is 14.4 Å². The molecule has 3 rings (SSSR count). The largest absolute Gasteiger partial charge is 0.384 e. The lowest BCUT2D eigenvalue weighted by Crippen LogP contribution is -2.36. The van der Waals surface area contributed by atoms with Crippen molar-refractivity contribution >= 4 is 23.4 Å². The highest BCUT2D eigenvalue weighted by Crippen LogP contribution is 2.35. The molecule has 7 heteroatoms. The van der Waals surface area contributed by atoms with Crippen LogP contribution in [0.2, 0.25) is 0 Å². The standard InChI is InChI=1S/C20H25N3O3S/c1-11-5-6-12(20(2,3)4)9-15(11)27-10-14(24)16-17(21)23(13-7-8-13)19(26)22-18(16)25/h5-6,9,13H,7-8,10,21H2,1-4H3,(H,22,25,26). The fourth-order valence-electron chi connectivity index (χ4n) is 2.97. The smallest absolute Gasteiger partial charge is 0.330 e. The Morgan fingerprint density at radius 1 is 1.30 bits per heavy atom. The molecule has 0 bridgehead atoms. The van der Waals surface area contributed by atoms with Crippen molar-refractivity contribution in [2.45, 2.75) is 56.9 Å². The zero-order valence-corrected chi connectivity index (χ0v) is 16.9. The summed E-state index contributed by atoms with van der Waals surface area (Å²) in [6.07, 6.45) is 1.66. The third-order valence-electron chi connectivity index (χ3n) is 4.79. The number of thioether (sulfide) groups is 1. The minimum absolute atomic E-state index is 0.00829. The Bertz CT molecular complexity index is 1010. The number of rotatable bonds is 5. The molecule has 0 saturated heterocycles. The molecule has 144 valence electrons. The lowest BCUT2D eigenvalue weighted by Gasteiger charge is -2.20. The van der Waals surface area contributed by atoms with Gasteiger partial charge in [-0.3, -0.25) is 19.1 Å². The fourth-order valence-corrected chi connectivity index (χ4v) is 3.91. The molecule has 27 heavy (non-hydrogen) atoms. The maximum absolute atomic E-state index is 12.7. The van der Waals surface area contributed by atoms with Gasteiger partial charge in [0.2, 0.25) is 0 Å². The van der Waals surface area contributed by atoms with Crippen LogP contribution in [0.5, 0.6) is 0 Å². The molecule has 1 aliphatic rings. The van der Waals surface area contributed by atoms with Crippen LogP contribution < -0.4 is 17.0 Å². The molecule has 0 spiro atoms. The first-order chi connectivity index (χ1) is 12.6. The van der Waals surface area contributed by atoms with E-state index >= 15 is 0 Å². The number of nitrogens with one attached hydrogen (secondary N) is 1. The predicted molar refractivity (Wildman–Crippen MR) is 109 cm³/mol. The molecule has 0 amide bonds. The third-order valence-corrected chi connectivity index (χ3v) is 5.94. The molecule has 3 N–H and O–H groups in total. The van der Waals surface area contributed by atoms with E-state index in [1.165, 1.54) is 21.9 Å². The normalized spacial score (nSPS) is 14.4. The van der Waals surface area contributed by atoms with Crippen LogP contribution in [0.15, 0.2) is 32.7 Å². The van der Waals surface area contributed by atoms with Crippen LogP contribution in [0, 0.1) is 6.92 Å². The molecule has 1 aromatic heterocycles. The number of aryl methyl sites for hydroxylation is 1. The Balaban J connectivity index is 1.86. The highest BCUT2D eigenvalue weighted by molar-refractivity contribution is 8.00. The number of carbonyl (C=O) groups excluding carboxylic acids is 1. The second-order valence-electron chi connectivity index (χ2n) is 8.06. The minimum Gasteiger partial charge on any atom is -0.384 e. The van der Waals surface area contributed by atoms with E-state index in [-0.39, 0.29) is 34.4 Å². The Kier molecular flexibility index (Phi) is 5.08. The average molecular weight is 388 g/mol. The van der Waals surface area contributed by atoms with E-state index in [0.29, 0.717) is 0 Å². The molecule has 6 nitrogen and oxygen atoms in total. The van der Waals surface area contributed by atoms with Crippen LogP contribution in [-0.4, -0.2) is 21.1 Å². The Hall–Kier alpha value is -2.28. The quantitative estimate of drug-likeness (QED) is 0.607. The second-order valence-corrected chi connectivity index (χ2v) is 9.08. The van der Waals surface area contributed by atoms with E-state index in [0.717, 1.165) is 23.3 Å². The number of aromatic amines is 1. The number of hydrogen-bond acceptors (Lipinski definition) is 5. The molecule has 1 aromatic carbocycles. The Labute approximate surface area is 162 Å². The predicted octanol–water partition coefficient (Wildman–Crippen LogP) is 3.03. The van der Waals surface area contributed by atoms with Gasteiger partial charge in [0.1, 0.15) is 11.4 Å². The molecule has 0 atom stereocenters. The summed E-state index contributed by atoms with van der Waals surface area (Å²) in [6.45, 7) is 8.41. The maximum atomic E-state index is 12.7. The van der Waals surface area contributed by atoms with E-state index in [4.69, 9.17) is 5.73 Å². The Morgan fingerprint density at radius 2 is 1.96 bits per heavy atom. The second kappa shape index (κ2) is 7.03. The van der Waals surface area contributed by atoms with Gasteiger partial charge in [-0.25, -0.2) is 4.79 Å². The Morgan fingerprint density at radius 3 is 2.56 bits per heavy atom. The summed E-state index contributed by atoms with van der Waals surface area (Å²) in [5, 5.41) is 0. The lowest BCUT2D eigenvalue weighted by molar-refractivity contribution is 0.102. The summed E-state index contributed by atoms with van der Waals surface area (Å²) in [5.41, 5.74) is 6.92. The molecule has 0 unspecified atom stereocenters. The fraction of sp³-hybridized carbons (Fsp3) is 0.450. The topological polar surface area (TPSA) is 97.9 Å². The van der Waals surface area contributed by atoms with Crippen LogP contribution in [0.1, 0.15) is 61.1 Å². The van der Waals surface area contributed by atoms with Crippen molar-refractivity contribution in [3.63, 3.8) is 0 Å². The number of benzene rings is 1. The van der Waals surface area contributed by atoms with Crippen LogP contribution in [0.25, 0.3) is 0 Å². The van der Waals surface area contributed by atoms with Crippen molar-refractivity contribution in [2.75, 3.05) is 11.5 Å². The SMILES string of the molecule is Cc1ccc(C(C)(C)C)cc1SCC(=O)c1c(N)n(C2CC2)c(=O)[nH]c1=O. The summed E-state index contributed by atoms with van der Waals surface area (Å²) in [6, 6.07) is 6.21. The van der Waals surface area contributed by atoms with Crippen molar-refractivity contribution in [3.8, 4) is 0 Å². The number of aromatic nitrogens is 2. The molecule has 1 saturated carbocycles. The van der Waals surface area contributed by atoms with Gasteiger partial charge in [0.25, 0.3) is 5.56 Å². The van der Waals surface area contributed by atoms with Gasteiger partial charge in [-0.2, -0.15) is 0 Å².